The van der Waals surface area contributed by atoms with Gasteiger partial charge < -0.3 is 15.0 Å². The van der Waals surface area contributed by atoms with E-state index in [9.17, 15) is 18.0 Å². The Labute approximate surface area is 123 Å². The Bertz CT molecular complexity index is 344. The maximum atomic E-state index is 12.3. The Kier molecular flexibility index (Phi) is 6.42. The van der Waals surface area contributed by atoms with Gasteiger partial charge in [-0.05, 0) is 20.4 Å². The lowest BCUT2D eigenvalue weighted by Crippen LogP contribution is -2.53. The molecule has 1 heterocycles. The van der Waals surface area contributed by atoms with Gasteiger partial charge in [0.15, 0.2) is 0 Å². The van der Waals surface area contributed by atoms with Crippen molar-refractivity contribution >= 4 is 5.97 Å². The normalized spacial score (nSPS) is 21.0. The largest absolute Gasteiger partial charge is 0.468 e. The highest BCUT2D eigenvalue weighted by Gasteiger charge is 2.34. The van der Waals surface area contributed by atoms with Gasteiger partial charge in [-0.2, -0.15) is 13.2 Å². The molecule has 1 fully saturated rings. The van der Waals surface area contributed by atoms with Crippen molar-refractivity contribution in [2.45, 2.75) is 25.1 Å². The van der Waals surface area contributed by atoms with Crippen LogP contribution in [-0.2, 0) is 9.53 Å². The van der Waals surface area contributed by atoms with Crippen molar-refractivity contribution < 1.29 is 22.7 Å². The number of methoxy groups -OCH3 is 1. The van der Waals surface area contributed by atoms with Crippen LogP contribution in [0, 0.1) is 0 Å². The van der Waals surface area contributed by atoms with Crippen LogP contribution in [-0.4, -0.2) is 80.9 Å². The summed E-state index contributed by atoms with van der Waals surface area (Å²) in [6.45, 7) is 3.51. The van der Waals surface area contributed by atoms with Crippen LogP contribution in [0.3, 0.4) is 0 Å². The summed E-state index contributed by atoms with van der Waals surface area (Å²) in [6, 6.07) is 0. The number of alkyl halides is 3. The number of hydrogen-bond acceptors (Lipinski definition) is 5. The van der Waals surface area contributed by atoms with Crippen LogP contribution in [0.2, 0.25) is 0 Å². The molecule has 0 bridgehead atoms. The van der Waals surface area contributed by atoms with E-state index in [2.05, 4.69) is 10.2 Å². The van der Waals surface area contributed by atoms with E-state index in [0.29, 0.717) is 39.1 Å². The Morgan fingerprint density at radius 2 is 1.71 bits per heavy atom. The molecule has 0 amide bonds. The summed E-state index contributed by atoms with van der Waals surface area (Å²) in [5.41, 5.74) is -0.766. The SMILES string of the molecule is CNC(C)(CCN1CCN(CC(F)(F)F)CC1)C(=O)OC. The Hall–Kier alpha value is -0.860. The van der Waals surface area contributed by atoms with E-state index in [-0.39, 0.29) is 5.97 Å². The summed E-state index contributed by atoms with van der Waals surface area (Å²) in [5, 5.41) is 2.95. The number of piperazine rings is 1. The lowest BCUT2D eigenvalue weighted by Gasteiger charge is -2.36. The third kappa shape index (κ3) is 5.80. The molecule has 0 aliphatic carbocycles. The number of likely N-dealkylation sites (N-methyl/N-ethyl adjacent to an activating group) is 1. The molecule has 0 spiro atoms. The smallest absolute Gasteiger partial charge is 0.401 e. The second-order valence-corrected chi connectivity index (χ2v) is 5.56. The predicted octanol–water partition coefficient (Wildman–Crippen LogP) is 0.708. The molecule has 0 aromatic rings. The average Bonchev–Trinajstić information content (AvgIpc) is 2.43. The Balaban J connectivity index is 2.37. The van der Waals surface area contributed by atoms with Crippen molar-refractivity contribution in [3.05, 3.63) is 0 Å². The average molecular weight is 311 g/mol. The summed E-state index contributed by atoms with van der Waals surface area (Å²) >= 11 is 0. The van der Waals surface area contributed by atoms with E-state index in [4.69, 9.17) is 4.74 Å². The second kappa shape index (κ2) is 7.42. The van der Waals surface area contributed by atoms with Gasteiger partial charge in [-0.1, -0.05) is 0 Å². The van der Waals surface area contributed by atoms with E-state index in [0.717, 1.165) is 0 Å². The van der Waals surface area contributed by atoms with Crippen LogP contribution in [0.15, 0.2) is 0 Å². The Morgan fingerprint density at radius 1 is 1.19 bits per heavy atom. The van der Waals surface area contributed by atoms with Crippen molar-refractivity contribution in [1.82, 2.24) is 15.1 Å². The predicted molar refractivity (Wildman–Crippen MR) is 73.0 cm³/mol. The molecule has 1 aliphatic heterocycles. The molecule has 1 N–H and O–H groups in total. The summed E-state index contributed by atoms with van der Waals surface area (Å²) in [4.78, 5) is 15.2. The minimum absolute atomic E-state index is 0.333. The molecule has 1 atom stereocenters. The molecule has 0 aromatic carbocycles. The highest BCUT2D eigenvalue weighted by Crippen LogP contribution is 2.18. The molecular weight excluding hydrogens is 287 g/mol. The topological polar surface area (TPSA) is 44.8 Å². The molecule has 5 nitrogen and oxygen atoms in total. The number of halogens is 3. The molecule has 0 saturated carbocycles. The molecule has 1 rings (SSSR count). The Morgan fingerprint density at radius 3 is 2.14 bits per heavy atom. The van der Waals surface area contributed by atoms with Gasteiger partial charge in [-0.25, -0.2) is 0 Å². The second-order valence-electron chi connectivity index (χ2n) is 5.56. The van der Waals surface area contributed by atoms with Gasteiger partial charge >= 0.3 is 12.1 Å². The molecule has 1 saturated heterocycles. The van der Waals surface area contributed by atoms with Gasteiger partial charge in [0.05, 0.1) is 13.7 Å². The van der Waals surface area contributed by atoms with Gasteiger partial charge in [0.1, 0.15) is 5.54 Å². The number of carbonyl (C=O) groups excluding carboxylic acids is 1. The van der Waals surface area contributed by atoms with Crippen LogP contribution < -0.4 is 5.32 Å². The molecule has 0 radical (unpaired) electrons. The lowest BCUT2D eigenvalue weighted by atomic mass is 9.98. The van der Waals surface area contributed by atoms with Crippen molar-refractivity contribution in [2.75, 3.05) is 53.4 Å². The fraction of sp³-hybridized carbons (Fsp3) is 0.923. The molecule has 21 heavy (non-hydrogen) atoms. The number of rotatable bonds is 6. The van der Waals surface area contributed by atoms with Crippen LogP contribution >= 0.6 is 0 Å². The third-order valence-electron chi connectivity index (χ3n) is 3.98. The summed E-state index contributed by atoms with van der Waals surface area (Å²) in [7, 11) is 3.03. The number of hydrogen-bond donors (Lipinski definition) is 1. The molecular formula is C13H24F3N3O2. The fourth-order valence-corrected chi connectivity index (χ4v) is 2.36. The number of carbonyl (C=O) groups is 1. The van der Waals surface area contributed by atoms with Crippen LogP contribution in [0.4, 0.5) is 13.2 Å². The zero-order chi connectivity index (χ0) is 16.1. The van der Waals surface area contributed by atoms with Gasteiger partial charge in [-0.15, -0.1) is 0 Å². The highest BCUT2D eigenvalue weighted by atomic mass is 19.4. The third-order valence-corrected chi connectivity index (χ3v) is 3.98. The molecule has 1 unspecified atom stereocenters. The summed E-state index contributed by atoms with van der Waals surface area (Å²) in [5.74, 6) is -0.333. The first-order chi connectivity index (χ1) is 9.70. The quantitative estimate of drug-likeness (QED) is 0.732. The maximum absolute atomic E-state index is 12.3. The minimum Gasteiger partial charge on any atom is -0.468 e. The standard InChI is InChI=1S/C13H24F3N3O2/c1-12(17-2,11(20)21-3)4-5-18-6-8-19(9-7-18)10-13(14,15)16/h17H,4-10H2,1-3H3. The molecule has 124 valence electrons. The lowest BCUT2D eigenvalue weighted by molar-refractivity contribution is -0.151. The maximum Gasteiger partial charge on any atom is 0.401 e. The van der Waals surface area contributed by atoms with Gasteiger partial charge in [0, 0.05) is 32.7 Å². The number of nitrogens with one attached hydrogen (secondary N) is 1. The number of nitrogens with zero attached hydrogens (tertiary/aromatic N) is 2. The van der Waals surface area contributed by atoms with E-state index in [1.807, 2.05) is 0 Å². The molecule has 1 aliphatic rings. The van der Waals surface area contributed by atoms with E-state index in [1.165, 1.54) is 12.0 Å². The van der Waals surface area contributed by atoms with Crippen molar-refractivity contribution in [3.63, 3.8) is 0 Å². The van der Waals surface area contributed by atoms with E-state index in [1.54, 1.807) is 14.0 Å². The van der Waals surface area contributed by atoms with Crippen molar-refractivity contribution in [1.29, 1.82) is 0 Å². The first-order valence-corrected chi connectivity index (χ1v) is 6.99. The van der Waals surface area contributed by atoms with Crippen molar-refractivity contribution in [2.24, 2.45) is 0 Å². The zero-order valence-electron chi connectivity index (χ0n) is 12.8. The van der Waals surface area contributed by atoms with E-state index < -0.39 is 18.3 Å². The first kappa shape index (κ1) is 18.2. The monoisotopic (exact) mass is 311 g/mol. The summed E-state index contributed by atoms with van der Waals surface area (Å²) in [6.07, 6.45) is -3.59. The number of ether oxygens (including phenoxy) is 1. The van der Waals surface area contributed by atoms with Crippen molar-refractivity contribution in [3.8, 4) is 0 Å². The van der Waals surface area contributed by atoms with Gasteiger partial charge in [0.2, 0.25) is 0 Å². The van der Waals surface area contributed by atoms with Crippen LogP contribution in [0.1, 0.15) is 13.3 Å². The van der Waals surface area contributed by atoms with E-state index >= 15 is 0 Å². The van der Waals surface area contributed by atoms with Gasteiger partial charge in [0.25, 0.3) is 0 Å². The first-order valence-electron chi connectivity index (χ1n) is 6.99. The minimum atomic E-state index is -4.14. The molecule has 0 aromatic heterocycles. The van der Waals surface area contributed by atoms with Crippen LogP contribution in [0.5, 0.6) is 0 Å². The van der Waals surface area contributed by atoms with Crippen LogP contribution in [0.25, 0.3) is 0 Å². The summed E-state index contributed by atoms with van der Waals surface area (Å²) < 4.78 is 41.7. The van der Waals surface area contributed by atoms with Gasteiger partial charge in [-0.3, -0.25) is 9.69 Å². The number of esters is 1. The fourth-order valence-electron chi connectivity index (χ4n) is 2.36. The zero-order valence-corrected chi connectivity index (χ0v) is 12.8. The highest BCUT2D eigenvalue weighted by molar-refractivity contribution is 5.80. The molecule has 8 heteroatoms.